The van der Waals surface area contributed by atoms with Crippen LogP contribution in [0.5, 0.6) is 0 Å². The van der Waals surface area contributed by atoms with E-state index in [1.807, 2.05) is 36.4 Å². The first kappa shape index (κ1) is 27.2. The number of aliphatic hydroxyl groups excluding tert-OH is 1. The molecule has 1 aliphatic heterocycles. The van der Waals surface area contributed by atoms with Crippen LogP contribution in [0.4, 0.5) is 0 Å². The third-order valence-corrected chi connectivity index (χ3v) is 7.14. The predicted molar refractivity (Wildman–Crippen MR) is 124 cm³/mol. The van der Waals surface area contributed by atoms with Crippen molar-refractivity contribution in [2.24, 2.45) is 0 Å². The van der Waals surface area contributed by atoms with Crippen LogP contribution in [0.2, 0.25) is 0 Å². The summed E-state index contributed by atoms with van der Waals surface area (Å²) in [6.07, 6.45) is -1.89. The Hall–Kier alpha value is -1.42. The van der Waals surface area contributed by atoms with Gasteiger partial charge in [-0.25, -0.2) is 9.13 Å². The van der Waals surface area contributed by atoms with Crippen LogP contribution >= 0.6 is 15.6 Å². The molecule has 10 nitrogen and oxygen atoms in total. The summed E-state index contributed by atoms with van der Waals surface area (Å²) in [7, 11) is -8.70. The van der Waals surface area contributed by atoms with E-state index in [0.717, 1.165) is 16.7 Å². The minimum absolute atomic E-state index is 0.0185. The number of aliphatic hydroxyl groups is 1. The summed E-state index contributed by atoms with van der Waals surface area (Å²) >= 11 is 0. The van der Waals surface area contributed by atoms with Gasteiger partial charge in [0.15, 0.2) is 0 Å². The highest BCUT2D eigenvalue weighted by molar-refractivity contribution is 7.47. The zero-order valence-electron chi connectivity index (χ0n) is 19.0. The van der Waals surface area contributed by atoms with E-state index in [0.29, 0.717) is 12.0 Å². The molecule has 1 heterocycles. The van der Waals surface area contributed by atoms with Crippen molar-refractivity contribution in [1.29, 1.82) is 0 Å². The molecule has 188 valence electrons. The number of phosphoric acid groups is 2. The van der Waals surface area contributed by atoms with Crippen molar-refractivity contribution in [2.75, 3.05) is 13.2 Å². The molecule has 0 bridgehead atoms. The van der Waals surface area contributed by atoms with E-state index in [-0.39, 0.29) is 26.4 Å². The van der Waals surface area contributed by atoms with Crippen LogP contribution in [0.3, 0.4) is 0 Å². The molecule has 4 atom stereocenters. The molecule has 0 aliphatic carbocycles. The molecule has 2 unspecified atom stereocenters. The molecule has 0 saturated carbocycles. The van der Waals surface area contributed by atoms with Gasteiger partial charge in [-0.3, -0.25) is 18.1 Å². The highest BCUT2D eigenvalue weighted by Gasteiger charge is 2.38. The number of hydrogen-bond acceptors (Lipinski definition) is 8. The molecule has 2 aromatic carbocycles. The fraction of sp³-hybridized carbons (Fsp3) is 0.455. The third kappa shape index (κ3) is 8.36. The SMILES string of the molecule is CC(C)OP(=O)(O)OC[C@H]1OCC[C@@H]1OP(=O)(O)OCc1ccc(-c2ccc(CO)cc2)cc1. The van der Waals surface area contributed by atoms with Gasteiger partial charge in [0.05, 0.1) is 25.9 Å². The Morgan fingerprint density at radius 2 is 1.53 bits per heavy atom. The normalized spacial score (nSPS) is 21.9. The number of phosphoric ester groups is 2. The average molecular weight is 516 g/mol. The molecule has 0 spiro atoms. The van der Waals surface area contributed by atoms with Gasteiger partial charge in [0.2, 0.25) is 0 Å². The number of rotatable bonds is 12. The Labute approximate surface area is 198 Å². The lowest BCUT2D eigenvalue weighted by Gasteiger charge is -2.22. The van der Waals surface area contributed by atoms with Crippen molar-refractivity contribution in [1.82, 2.24) is 0 Å². The Balaban J connectivity index is 1.51. The topological polar surface area (TPSA) is 141 Å². The first-order valence-corrected chi connectivity index (χ1v) is 13.8. The van der Waals surface area contributed by atoms with E-state index in [9.17, 15) is 18.9 Å². The van der Waals surface area contributed by atoms with Crippen LogP contribution < -0.4 is 0 Å². The zero-order chi connectivity index (χ0) is 24.8. The molecule has 34 heavy (non-hydrogen) atoms. The summed E-state index contributed by atoms with van der Waals surface area (Å²) in [5, 5.41) is 9.14. The van der Waals surface area contributed by atoms with Crippen molar-refractivity contribution < 1.29 is 46.9 Å². The summed E-state index contributed by atoms with van der Waals surface area (Å²) in [6, 6.07) is 14.8. The molecule has 12 heteroatoms. The fourth-order valence-corrected chi connectivity index (χ4v) is 5.21. The van der Waals surface area contributed by atoms with E-state index in [1.54, 1.807) is 26.0 Å². The highest BCUT2D eigenvalue weighted by atomic mass is 31.2. The van der Waals surface area contributed by atoms with Crippen LogP contribution in [0.25, 0.3) is 11.1 Å². The van der Waals surface area contributed by atoms with Gasteiger partial charge in [0, 0.05) is 13.0 Å². The van der Waals surface area contributed by atoms with Crippen LogP contribution in [0.1, 0.15) is 31.4 Å². The Kier molecular flexibility index (Phi) is 9.60. The number of hydrogen-bond donors (Lipinski definition) is 3. The summed E-state index contributed by atoms with van der Waals surface area (Å²) in [5.74, 6) is 0. The van der Waals surface area contributed by atoms with E-state index in [2.05, 4.69) is 0 Å². The van der Waals surface area contributed by atoms with Crippen LogP contribution in [-0.2, 0) is 45.2 Å². The summed E-state index contributed by atoms with van der Waals surface area (Å²) in [4.78, 5) is 19.8. The molecule has 0 aromatic heterocycles. The van der Waals surface area contributed by atoms with Gasteiger partial charge >= 0.3 is 15.6 Å². The molecule has 0 amide bonds. The van der Waals surface area contributed by atoms with Gasteiger partial charge in [-0.15, -0.1) is 0 Å². The molecule has 3 rings (SSSR count). The second-order valence-corrected chi connectivity index (χ2v) is 10.9. The quantitative estimate of drug-likeness (QED) is 0.352. The van der Waals surface area contributed by atoms with Crippen LogP contribution in [-0.4, -0.2) is 46.4 Å². The van der Waals surface area contributed by atoms with E-state index in [4.69, 9.17) is 27.9 Å². The summed E-state index contributed by atoms with van der Waals surface area (Å²) < 4.78 is 49.8. The van der Waals surface area contributed by atoms with Crippen molar-refractivity contribution in [2.45, 2.75) is 51.8 Å². The standard InChI is InChI=1S/C22H30O10P2/c1-16(2)31-33(24,25)30-15-22-21(11-12-28-22)32-34(26,27)29-14-18-5-9-20(10-6-18)19-7-3-17(13-23)4-8-19/h3-10,16,21-23H,11-15H2,1-2H3,(H,24,25)(H,26,27)/t21-,22+/m0/s1. The molecular formula is C22H30O10P2. The minimum Gasteiger partial charge on any atom is -0.392 e. The molecule has 3 N–H and O–H groups in total. The van der Waals surface area contributed by atoms with Gasteiger partial charge in [-0.1, -0.05) is 48.5 Å². The lowest BCUT2D eigenvalue weighted by molar-refractivity contribution is -0.00575. The molecule has 1 fully saturated rings. The van der Waals surface area contributed by atoms with E-state index < -0.39 is 34.0 Å². The van der Waals surface area contributed by atoms with Gasteiger partial charge in [0.1, 0.15) is 12.2 Å². The minimum atomic E-state index is -4.43. The van der Waals surface area contributed by atoms with Crippen LogP contribution in [0, 0.1) is 0 Å². The largest absolute Gasteiger partial charge is 0.472 e. The van der Waals surface area contributed by atoms with Gasteiger partial charge in [0.25, 0.3) is 0 Å². The van der Waals surface area contributed by atoms with E-state index in [1.165, 1.54) is 0 Å². The van der Waals surface area contributed by atoms with E-state index >= 15 is 0 Å². The maximum absolute atomic E-state index is 12.4. The van der Waals surface area contributed by atoms with Crippen molar-refractivity contribution >= 4 is 15.6 Å². The first-order valence-electron chi connectivity index (χ1n) is 10.8. The monoisotopic (exact) mass is 516 g/mol. The van der Waals surface area contributed by atoms with Crippen molar-refractivity contribution in [3.8, 4) is 11.1 Å². The average Bonchev–Trinajstić information content (AvgIpc) is 3.22. The van der Waals surface area contributed by atoms with Crippen LogP contribution in [0.15, 0.2) is 48.5 Å². The Morgan fingerprint density at radius 1 is 0.941 bits per heavy atom. The molecule has 1 saturated heterocycles. The summed E-state index contributed by atoms with van der Waals surface area (Å²) in [5.41, 5.74) is 3.41. The first-order chi connectivity index (χ1) is 16.1. The molecular weight excluding hydrogens is 486 g/mol. The molecule has 2 aromatic rings. The van der Waals surface area contributed by atoms with Crippen molar-refractivity contribution in [3.63, 3.8) is 0 Å². The number of ether oxygens (including phenoxy) is 1. The Bertz CT molecular complexity index is 1010. The second-order valence-electron chi connectivity index (χ2n) is 8.05. The lowest BCUT2D eigenvalue weighted by Crippen LogP contribution is -2.28. The van der Waals surface area contributed by atoms with Gasteiger partial charge < -0.3 is 19.6 Å². The maximum Gasteiger partial charge on any atom is 0.472 e. The lowest BCUT2D eigenvalue weighted by atomic mass is 10.0. The predicted octanol–water partition coefficient (Wildman–Crippen LogP) is 4.18. The molecule has 1 aliphatic rings. The fourth-order valence-electron chi connectivity index (χ4n) is 3.32. The third-order valence-electron chi connectivity index (χ3n) is 4.98. The Morgan fingerprint density at radius 3 is 2.09 bits per heavy atom. The van der Waals surface area contributed by atoms with Gasteiger partial charge in [-0.05, 0) is 36.1 Å². The van der Waals surface area contributed by atoms with Crippen molar-refractivity contribution in [3.05, 3.63) is 59.7 Å². The number of benzene rings is 2. The smallest absolute Gasteiger partial charge is 0.392 e. The highest BCUT2D eigenvalue weighted by Crippen LogP contribution is 2.49. The second kappa shape index (κ2) is 12.0. The zero-order valence-corrected chi connectivity index (χ0v) is 20.8. The summed E-state index contributed by atoms with van der Waals surface area (Å²) in [6.45, 7) is 2.90. The maximum atomic E-state index is 12.4. The molecule has 0 radical (unpaired) electrons. The van der Waals surface area contributed by atoms with Gasteiger partial charge in [-0.2, -0.15) is 0 Å².